The molecule has 0 radical (unpaired) electrons. The van der Waals surface area contributed by atoms with Crippen molar-refractivity contribution in [1.29, 1.82) is 0 Å². The Hall–Kier alpha value is -3.15. The highest BCUT2D eigenvalue weighted by Gasteiger charge is 2.35. The summed E-state index contributed by atoms with van der Waals surface area (Å²) in [6.45, 7) is 1.91. The zero-order valence-electron chi connectivity index (χ0n) is 13.8. The van der Waals surface area contributed by atoms with Gasteiger partial charge in [0.25, 0.3) is 0 Å². The van der Waals surface area contributed by atoms with Crippen LogP contribution in [0.5, 0.6) is 0 Å². The molecule has 0 atom stereocenters. The minimum atomic E-state index is -4.53. The van der Waals surface area contributed by atoms with E-state index in [1.54, 1.807) is 30.3 Å². The highest BCUT2D eigenvalue weighted by atomic mass is 19.4. The largest absolute Gasteiger partial charge is 0.435 e. The summed E-state index contributed by atoms with van der Waals surface area (Å²) in [4.78, 5) is 4.52. The fraction of sp³-hybridized carbons (Fsp3) is 0.100. The van der Waals surface area contributed by atoms with Crippen molar-refractivity contribution in [2.24, 2.45) is 0 Å². The molecule has 0 N–H and O–H groups in total. The molecule has 130 valence electrons. The minimum absolute atomic E-state index is 0.347. The van der Waals surface area contributed by atoms with Gasteiger partial charge in [0.1, 0.15) is 0 Å². The number of rotatable bonds is 2. The number of hydrogen-bond acceptors (Lipinski definition) is 2. The molecule has 6 heteroatoms. The summed E-state index contributed by atoms with van der Waals surface area (Å²) in [6, 6.07) is 19.2. The van der Waals surface area contributed by atoms with Crippen LogP contribution in [0.2, 0.25) is 0 Å². The van der Waals surface area contributed by atoms with E-state index in [1.165, 1.54) is 4.68 Å². The second-order valence-electron chi connectivity index (χ2n) is 6.00. The van der Waals surface area contributed by atoms with E-state index in [1.807, 2.05) is 37.3 Å². The van der Waals surface area contributed by atoms with Crippen molar-refractivity contribution in [3.63, 3.8) is 0 Å². The third kappa shape index (κ3) is 2.83. The molecule has 3 nitrogen and oxygen atoms in total. The van der Waals surface area contributed by atoms with Crippen LogP contribution in [0, 0.1) is 6.92 Å². The second-order valence-corrected chi connectivity index (χ2v) is 6.00. The first-order chi connectivity index (χ1) is 12.4. The molecule has 0 aliphatic rings. The molecule has 2 heterocycles. The fourth-order valence-electron chi connectivity index (χ4n) is 2.95. The van der Waals surface area contributed by atoms with Gasteiger partial charge < -0.3 is 0 Å². The fourth-order valence-corrected chi connectivity index (χ4v) is 2.95. The van der Waals surface area contributed by atoms with Crippen LogP contribution in [0.25, 0.3) is 28.0 Å². The van der Waals surface area contributed by atoms with Crippen LogP contribution in [-0.2, 0) is 6.18 Å². The molecule has 0 amide bonds. The molecule has 2 aromatic carbocycles. The molecule has 4 aromatic rings. The van der Waals surface area contributed by atoms with E-state index >= 15 is 0 Å². The Morgan fingerprint density at radius 1 is 0.885 bits per heavy atom. The number of fused-ring (bicyclic) bond motifs is 1. The first kappa shape index (κ1) is 16.3. The summed E-state index contributed by atoms with van der Waals surface area (Å²) in [5, 5.41) is 4.76. The van der Waals surface area contributed by atoms with Gasteiger partial charge in [-0.2, -0.15) is 18.3 Å². The number of benzene rings is 2. The molecule has 0 aliphatic heterocycles. The van der Waals surface area contributed by atoms with Crippen molar-refractivity contribution in [2.75, 3.05) is 0 Å². The number of aromatic nitrogens is 3. The monoisotopic (exact) mass is 353 g/mol. The lowest BCUT2D eigenvalue weighted by molar-refractivity contribution is -0.141. The number of para-hydroxylation sites is 1. The Labute approximate surface area is 147 Å². The lowest BCUT2D eigenvalue weighted by Gasteiger charge is -2.10. The van der Waals surface area contributed by atoms with Gasteiger partial charge in [-0.3, -0.25) is 0 Å². The molecule has 0 saturated heterocycles. The maximum atomic E-state index is 13.2. The van der Waals surface area contributed by atoms with E-state index in [0.717, 1.165) is 17.0 Å². The molecule has 0 aliphatic carbocycles. The standard InChI is InChI=1S/C20H14F3N3/c1-13-11-19(24-16-10-6-5-9-15(13)16)26-17(14-7-3-2-4-8-14)12-18(25-26)20(21,22)23/h2-12H,1H3. The normalized spacial score (nSPS) is 11.8. The van der Waals surface area contributed by atoms with Gasteiger partial charge in [0, 0.05) is 10.9 Å². The Morgan fingerprint density at radius 2 is 1.58 bits per heavy atom. The number of hydrogen-bond donors (Lipinski definition) is 0. The topological polar surface area (TPSA) is 30.7 Å². The predicted molar refractivity (Wildman–Crippen MR) is 94.0 cm³/mol. The van der Waals surface area contributed by atoms with Gasteiger partial charge in [0.05, 0.1) is 11.2 Å². The van der Waals surface area contributed by atoms with Crippen LogP contribution in [0.4, 0.5) is 13.2 Å². The van der Waals surface area contributed by atoms with E-state index in [0.29, 0.717) is 22.6 Å². The Kier molecular flexibility index (Phi) is 3.76. The van der Waals surface area contributed by atoms with E-state index < -0.39 is 11.9 Å². The van der Waals surface area contributed by atoms with Crippen molar-refractivity contribution in [3.8, 4) is 17.1 Å². The Morgan fingerprint density at radius 3 is 2.31 bits per heavy atom. The maximum absolute atomic E-state index is 13.2. The first-order valence-corrected chi connectivity index (χ1v) is 8.03. The molecule has 0 spiro atoms. The van der Waals surface area contributed by atoms with Gasteiger partial charge in [-0.25, -0.2) is 9.67 Å². The van der Waals surface area contributed by atoms with Gasteiger partial charge in [0.15, 0.2) is 11.5 Å². The SMILES string of the molecule is Cc1cc(-n2nc(C(F)(F)F)cc2-c2ccccc2)nc2ccccc12. The van der Waals surface area contributed by atoms with Gasteiger partial charge >= 0.3 is 6.18 Å². The number of nitrogens with zero attached hydrogens (tertiary/aromatic N) is 3. The number of halogens is 3. The summed E-state index contributed by atoms with van der Waals surface area (Å²) in [6.07, 6.45) is -4.53. The highest BCUT2D eigenvalue weighted by molar-refractivity contribution is 5.83. The number of alkyl halides is 3. The number of aryl methyl sites for hydroxylation is 1. The molecule has 26 heavy (non-hydrogen) atoms. The van der Waals surface area contributed by atoms with Crippen molar-refractivity contribution < 1.29 is 13.2 Å². The molecular weight excluding hydrogens is 339 g/mol. The maximum Gasteiger partial charge on any atom is 0.435 e. The zero-order chi connectivity index (χ0) is 18.3. The quantitative estimate of drug-likeness (QED) is 0.482. The third-order valence-electron chi connectivity index (χ3n) is 4.20. The van der Waals surface area contributed by atoms with Gasteiger partial charge in [-0.15, -0.1) is 0 Å². The molecular formula is C20H14F3N3. The first-order valence-electron chi connectivity index (χ1n) is 8.03. The van der Waals surface area contributed by atoms with E-state index in [4.69, 9.17) is 0 Å². The van der Waals surface area contributed by atoms with Crippen LogP contribution in [0.15, 0.2) is 66.7 Å². The second kappa shape index (κ2) is 5.98. The highest BCUT2D eigenvalue weighted by Crippen LogP contribution is 2.33. The predicted octanol–water partition coefficient (Wildman–Crippen LogP) is 5.41. The van der Waals surface area contributed by atoms with Crippen molar-refractivity contribution in [2.45, 2.75) is 13.1 Å². The lowest BCUT2D eigenvalue weighted by atomic mass is 10.1. The molecule has 4 rings (SSSR count). The summed E-state index contributed by atoms with van der Waals surface area (Å²) in [7, 11) is 0. The van der Waals surface area contributed by atoms with E-state index in [9.17, 15) is 13.2 Å². The van der Waals surface area contributed by atoms with Crippen LogP contribution in [0.3, 0.4) is 0 Å². The smallest absolute Gasteiger partial charge is 0.229 e. The number of pyridine rings is 1. The summed E-state index contributed by atoms with van der Waals surface area (Å²) >= 11 is 0. The van der Waals surface area contributed by atoms with Gasteiger partial charge in [0.2, 0.25) is 0 Å². The summed E-state index contributed by atoms with van der Waals surface area (Å²) in [5.74, 6) is 0.357. The van der Waals surface area contributed by atoms with Gasteiger partial charge in [-0.1, -0.05) is 48.5 Å². The third-order valence-corrected chi connectivity index (χ3v) is 4.20. The molecule has 0 unspecified atom stereocenters. The molecule has 2 aromatic heterocycles. The van der Waals surface area contributed by atoms with Crippen LogP contribution in [0.1, 0.15) is 11.3 Å². The van der Waals surface area contributed by atoms with Gasteiger partial charge in [-0.05, 0) is 30.7 Å². The van der Waals surface area contributed by atoms with Crippen molar-refractivity contribution >= 4 is 10.9 Å². The molecule has 0 fully saturated rings. The van der Waals surface area contributed by atoms with E-state index in [-0.39, 0.29) is 0 Å². The summed E-state index contributed by atoms with van der Waals surface area (Å²) < 4.78 is 41.0. The minimum Gasteiger partial charge on any atom is -0.229 e. The lowest BCUT2D eigenvalue weighted by Crippen LogP contribution is -2.08. The zero-order valence-corrected chi connectivity index (χ0v) is 13.8. The van der Waals surface area contributed by atoms with Crippen molar-refractivity contribution in [1.82, 2.24) is 14.8 Å². The van der Waals surface area contributed by atoms with Crippen molar-refractivity contribution in [3.05, 3.63) is 78.0 Å². The van der Waals surface area contributed by atoms with Crippen LogP contribution in [-0.4, -0.2) is 14.8 Å². The van der Waals surface area contributed by atoms with Crippen LogP contribution >= 0.6 is 0 Å². The molecule has 0 saturated carbocycles. The average Bonchev–Trinajstić information content (AvgIpc) is 3.08. The average molecular weight is 353 g/mol. The molecule has 0 bridgehead atoms. The van der Waals surface area contributed by atoms with Crippen LogP contribution < -0.4 is 0 Å². The Bertz CT molecular complexity index is 1080. The Balaban J connectivity index is 1.97. The van der Waals surface area contributed by atoms with E-state index in [2.05, 4.69) is 10.1 Å². The summed E-state index contributed by atoms with van der Waals surface area (Å²) in [5.41, 5.74) is 1.69.